The molecule has 2 aromatic carbocycles. The fraction of sp³-hybridized carbons (Fsp3) is 0.241. The number of pyridine rings is 2. The normalized spacial score (nSPS) is 10.0. The number of carbonyl (C=O) groups excluding carboxylic acids is 2. The van der Waals surface area contributed by atoms with E-state index in [9.17, 15) is 9.18 Å². The Morgan fingerprint density at radius 2 is 1.84 bits per heavy atom. The lowest BCUT2D eigenvalue weighted by Gasteiger charge is -2.15. The van der Waals surface area contributed by atoms with Gasteiger partial charge in [0.1, 0.15) is 23.1 Å². The highest BCUT2D eigenvalue weighted by Gasteiger charge is 2.14. The van der Waals surface area contributed by atoms with Gasteiger partial charge in [0.2, 0.25) is 6.41 Å². The monoisotopic (exact) mass is 519 g/mol. The summed E-state index contributed by atoms with van der Waals surface area (Å²) < 4.78 is 19.2. The van der Waals surface area contributed by atoms with Gasteiger partial charge in [-0.3, -0.25) is 9.59 Å². The first-order valence-corrected chi connectivity index (χ1v) is 11.8. The fourth-order valence-electron chi connectivity index (χ4n) is 3.91. The molecule has 0 unspecified atom stereocenters. The molecule has 4 N–H and O–H groups in total. The molecule has 0 aliphatic heterocycles. The van der Waals surface area contributed by atoms with Gasteiger partial charge >= 0.3 is 0 Å². The summed E-state index contributed by atoms with van der Waals surface area (Å²) in [5, 5.41) is 7.94. The van der Waals surface area contributed by atoms with Crippen LogP contribution in [-0.2, 0) is 11.2 Å². The Labute approximate surface area is 222 Å². The molecule has 0 saturated heterocycles. The van der Waals surface area contributed by atoms with Crippen molar-refractivity contribution in [1.29, 1.82) is 0 Å². The van der Waals surface area contributed by atoms with Crippen molar-refractivity contribution in [2.24, 2.45) is 5.73 Å². The standard InChI is InChI=1S/C27H27FN4O2.CH3NO.CH4/c1-4-34-25-17(2)15-22(32-24(25)18-5-8-21(28)9-6-18)12-14-31-27(33)20-7-10-23-19(16-20)11-13-30-26(23)29-3;2-1-3;/h5-11,13,15-16H,4,12,14H2,1-3H3,(H,29,30)(H,31,33);1H,(H2,2,3);1H4. The van der Waals surface area contributed by atoms with Crippen LogP contribution in [0.2, 0.25) is 0 Å². The molecule has 200 valence electrons. The molecule has 0 bridgehead atoms. The van der Waals surface area contributed by atoms with E-state index in [1.54, 1.807) is 24.4 Å². The SMILES string of the molecule is C.CCOc1c(C)cc(CCNC(=O)c2ccc3c(NC)nccc3c2)nc1-c1ccc(F)cc1.NC=O. The van der Waals surface area contributed by atoms with Crippen LogP contribution in [0.25, 0.3) is 22.0 Å². The quantitative estimate of drug-likeness (QED) is 0.285. The van der Waals surface area contributed by atoms with E-state index in [1.807, 2.05) is 45.2 Å². The minimum Gasteiger partial charge on any atom is -0.491 e. The van der Waals surface area contributed by atoms with Crippen LogP contribution in [0.5, 0.6) is 5.75 Å². The number of nitrogens with one attached hydrogen (secondary N) is 2. The number of primary amides is 1. The van der Waals surface area contributed by atoms with Gasteiger partial charge in [-0.1, -0.05) is 7.43 Å². The average Bonchev–Trinajstić information content (AvgIpc) is 2.90. The molecule has 2 aromatic heterocycles. The number of aryl methyl sites for hydroxylation is 1. The summed E-state index contributed by atoms with van der Waals surface area (Å²) in [5.41, 5.74) is 7.98. The molecular formula is C29H34FN5O3. The highest BCUT2D eigenvalue weighted by molar-refractivity contribution is 6.00. The zero-order chi connectivity index (χ0) is 26.8. The Morgan fingerprint density at radius 1 is 1.13 bits per heavy atom. The van der Waals surface area contributed by atoms with Crippen molar-refractivity contribution in [3.63, 3.8) is 0 Å². The lowest BCUT2D eigenvalue weighted by molar-refractivity contribution is -0.106. The molecule has 0 atom stereocenters. The number of nitrogens with zero attached hydrogens (tertiary/aromatic N) is 2. The Morgan fingerprint density at radius 3 is 2.50 bits per heavy atom. The maximum atomic E-state index is 13.4. The lowest BCUT2D eigenvalue weighted by atomic mass is 10.1. The van der Waals surface area contributed by atoms with E-state index < -0.39 is 0 Å². The third-order valence-electron chi connectivity index (χ3n) is 5.55. The van der Waals surface area contributed by atoms with Crippen LogP contribution < -0.4 is 21.1 Å². The van der Waals surface area contributed by atoms with E-state index in [0.717, 1.165) is 33.4 Å². The van der Waals surface area contributed by atoms with Gasteiger partial charge in [-0.25, -0.2) is 14.4 Å². The number of rotatable bonds is 8. The van der Waals surface area contributed by atoms with Gasteiger partial charge in [-0.2, -0.15) is 0 Å². The minimum atomic E-state index is -0.301. The van der Waals surface area contributed by atoms with Gasteiger partial charge < -0.3 is 21.1 Å². The number of halogens is 1. The van der Waals surface area contributed by atoms with Crippen LogP contribution in [-0.4, -0.2) is 42.5 Å². The van der Waals surface area contributed by atoms with Crippen LogP contribution in [0.4, 0.5) is 10.2 Å². The first kappa shape index (κ1) is 29.7. The van der Waals surface area contributed by atoms with Crippen molar-refractivity contribution >= 4 is 28.9 Å². The van der Waals surface area contributed by atoms with Gasteiger partial charge in [0, 0.05) is 48.4 Å². The Kier molecular flexibility index (Phi) is 11.2. The zero-order valence-electron chi connectivity index (χ0n) is 21.0. The third-order valence-corrected chi connectivity index (χ3v) is 5.55. The second-order valence-corrected chi connectivity index (χ2v) is 8.04. The topological polar surface area (TPSA) is 119 Å². The summed E-state index contributed by atoms with van der Waals surface area (Å²) in [6.07, 6.45) is 2.52. The van der Waals surface area contributed by atoms with Crippen molar-refractivity contribution in [2.75, 3.05) is 25.5 Å². The number of carbonyl (C=O) groups is 2. The van der Waals surface area contributed by atoms with Crippen molar-refractivity contribution in [2.45, 2.75) is 27.7 Å². The van der Waals surface area contributed by atoms with Crippen LogP contribution >= 0.6 is 0 Å². The maximum absolute atomic E-state index is 13.4. The number of aromatic nitrogens is 2. The number of hydrogen-bond donors (Lipinski definition) is 3. The first-order chi connectivity index (χ1) is 17.9. The van der Waals surface area contributed by atoms with E-state index in [0.29, 0.717) is 36.6 Å². The van der Waals surface area contributed by atoms with Gasteiger partial charge in [0.15, 0.2) is 0 Å². The predicted octanol–water partition coefficient (Wildman–Crippen LogP) is 4.89. The first-order valence-electron chi connectivity index (χ1n) is 11.8. The van der Waals surface area contributed by atoms with Crippen LogP contribution in [0.3, 0.4) is 0 Å². The molecule has 38 heavy (non-hydrogen) atoms. The van der Waals surface area contributed by atoms with Crippen molar-refractivity contribution < 1.29 is 18.7 Å². The number of benzene rings is 2. The molecule has 4 aromatic rings. The predicted molar refractivity (Wildman–Crippen MR) is 150 cm³/mol. The summed E-state index contributed by atoms with van der Waals surface area (Å²) in [4.78, 5) is 30.4. The van der Waals surface area contributed by atoms with E-state index in [4.69, 9.17) is 14.5 Å². The maximum Gasteiger partial charge on any atom is 0.251 e. The number of nitrogens with two attached hydrogens (primary N) is 1. The Hall–Kier alpha value is -4.53. The second-order valence-electron chi connectivity index (χ2n) is 8.04. The summed E-state index contributed by atoms with van der Waals surface area (Å²) in [6.45, 7) is 4.81. The molecular weight excluding hydrogens is 485 g/mol. The number of fused-ring (bicyclic) bond motifs is 1. The van der Waals surface area contributed by atoms with E-state index in [2.05, 4.69) is 21.4 Å². The molecule has 2 amide bonds. The Balaban J connectivity index is 0.00000121. The van der Waals surface area contributed by atoms with Crippen molar-refractivity contribution in [1.82, 2.24) is 15.3 Å². The van der Waals surface area contributed by atoms with Crippen molar-refractivity contribution in [3.8, 4) is 17.0 Å². The van der Waals surface area contributed by atoms with E-state index in [1.165, 1.54) is 12.1 Å². The zero-order valence-corrected chi connectivity index (χ0v) is 21.0. The van der Waals surface area contributed by atoms with Crippen LogP contribution in [0, 0.1) is 12.7 Å². The minimum absolute atomic E-state index is 0. The molecule has 0 saturated carbocycles. The van der Waals surface area contributed by atoms with Crippen LogP contribution in [0.15, 0.2) is 60.8 Å². The molecule has 0 aliphatic carbocycles. The molecule has 8 nitrogen and oxygen atoms in total. The summed E-state index contributed by atoms with van der Waals surface area (Å²) in [5.74, 6) is 1.02. The van der Waals surface area contributed by atoms with Gasteiger partial charge in [-0.15, -0.1) is 0 Å². The smallest absolute Gasteiger partial charge is 0.251 e. The molecule has 2 heterocycles. The van der Waals surface area contributed by atoms with E-state index in [-0.39, 0.29) is 25.6 Å². The molecule has 0 fully saturated rings. The molecule has 0 aliphatic rings. The number of amides is 2. The number of hydrogen-bond acceptors (Lipinski definition) is 6. The average molecular weight is 520 g/mol. The molecule has 9 heteroatoms. The second kappa shape index (κ2) is 14.3. The number of ether oxygens (including phenoxy) is 1. The van der Waals surface area contributed by atoms with Gasteiger partial charge in [-0.05, 0) is 79.4 Å². The Bertz CT molecular complexity index is 1380. The van der Waals surface area contributed by atoms with Crippen molar-refractivity contribution in [3.05, 3.63) is 83.4 Å². The molecule has 0 radical (unpaired) electrons. The molecule has 0 spiro atoms. The van der Waals surface area contributed by atoms with Gasteiger partial charge in [0.25, 0.3) is 5.91 Å². The van der Waals surface area contributed by atoms with E-state index >= 15 is 0 Å². The largest absolute Gasteiger partial charge is 0.491 e. The lowest BCUT2D eigenvalue weighted by Crippen LogP contribution is -2.26. The highest BCUT2D eigenvalue weighted by Crippen LogP contribution is 2.32. The van der Waals surface area contributed by atoms with Gasteiger partial charge in [0.05, 0.1) is 6.61 Å². The fourth-order valence-corrected chi connectivity index (χ4v) is 3.91. The molecule has 4 rings (SSSR count). The third kappa shape index (κ3) is 7.25. The summed E-state index contributed by atoms with van der Waals surface area (Å²) in [7, 11) is 1.82. The highest BCUT2D eigenvalue weighted by atomic mass is 19.1. The summed E-state index contributed by atoms with van der Waals surface area (Å²) in [6, 6.07) is 15.6. The van der Waals surface area contributed by atoms with Crippen LogP contribution in [0.1, 0.15) is 36.0 Å². The number of anilines is 1. The summed E-state index contributed by atoms with van der Waals surface area (Å²) >= 11 is 0.